The van der Waals surface area contributed by atoms with Gasteiger partial charge < -0.3 is 20.1 Å². The largest absolute Gasteiger partial charge is 0.472 e. The Kier molecular flexibility index (Phi) is 43.5. The Hall–Kier alpha value is -2.58. The van der Waals surface area contributed by atoms with Crippen LogP contribution in [0.2, 0.25) is 0 Å². The molecule has 0 rings (SSSR count). The molecule has 3 N–H and O–H groups in total. The number of hydrogen-bond donors (Lipinski definition) is 2. The minimum absolute atomic E-state index is 0.0751. The van der Waals surface area contributed by atoms with Crippen molar-refractivity contribution < 1.29 is 32.8 Å². The van der Waals surface area contributed by atoms with E-state index in [0.29, 0.717) is 6.61 Å². The van der Waals surface area contributed by atoms with Gasteiger partial charge in [0.15, 0.2) is 0 Å². The monoisotopic (exact) mass is 830 g/mol. The number of hydrogen-bond acceptors (Lipinski definition) is 7. The molecule has 0 bridgehead atoms. The molecule has 0 aromatic heterocycles. The van der Waals surface area contributed by atoms with Gasteiger partial charge in [0.1, 0.15) is 6.10 Å². The Bertz CT molecular complexity index is 1200. The van der Waals surface area contributed by atoms with Crippen LogP contribution in [0.3, 0.4) is 0 Å². The van der Waals surface area contributed by atoms with E-state index in [-0.39, 0.29) is 38.8 Å². The minimum atomic E-state index is -4.30. The summed E-state index contributed by atoms with van der Waals surface area (Å²) in [6, 6.07) is 0. The molecule has 0 amide bonds. The summed E-state index contributed by atoms with van der Waals surface area (Å²) in [5.41, 5.74) is 5.37. The molecule has 0 heterocycles. The molecular formula is C49H84NO7P. The zero-order chi connectivity index (χ0) is 42.3. The van der Waals surface area contributed by atoms with E-state index in [1.807, 2.05) is 0 Å². The first kappa shape index (κ1) is 55.4. The molecule has 2 unspecified atom stereocenters. The van der Waals surface area contributed by atoms with Crippen LogP contribution >= 0.6 is 7.82 Å². The number of allylic oxidation sites excluding steroid dienone is 16. The molecule has 0 spiro atoms. The molecule has 0 aromatic carbocycles. The van der Waals surface area contributed by atoms with Crippen LogP contribution in [0.15, 0.2) is 97.2 Å². The van der Waals surface area contributed by atoms with Crippen molar-refractivity contribution in [3.8, 4) is 0 Å². The van der Waals surface area contributed by atoms with Crippen LogP contribution in [-0.4, -0.2) is 49.9 Å². The third-order valence-electron chi connectivity index (χ3n) is 8.99. The highest BCUT2D eigenvalue weighted by molar-refractivity contribution is 7.47. The highest BCUT2D eigenvalue weighted by Crippen LogP contribution is 2.43. The molecule has 0 aromatic rings. The second kappa shape index (κ2) is 45.5. The van der Waals surface area contributed by atoms with Gasteiger partial charge in [0.25, 0.3) is 0 Å². The van der Waals surface area contributed by atoms with Gasteiger partial charge in [-0.05, 0) is 96.3 Å². The zero-order valence-electron chi connectivity index (χ0n) is 36.7. The summed E-state index contributed by atoms with van der Waals surface area (Å²) < 4.78 is 33.4. The number of phosphoric ester groups is 1. The van der Waals surface area contributed by atoms with Crippen LogP contribution in [0.4, 0.5) is 0 Å². The highest BCUT2D eigenvalue weighted by atomic mass is 31.2. The standard InChI is InChI=1S/C49H84NO7P/c1-3-5-7-9-11-13-15-17-19-21-23-24-25-26-28-30-32-34-36-38-40-42-49(51)57-48(47-56-58(52,53)55-45-43-50)46-54-44-41-39-37-35-33-31-29-27-22-20-18-16-14-12-10-8-6-4-2/h6,8,12,14-15,17-18,20-21,23,25-27,29,33,35,48H,3-5,7,9-11,13,16,19,22,24,28,30-32,34,36-47,50H2,1-2H3,(H,52,53)/b8-6-,14-12-,17-15-,20-18-,23-21-,26-25-,29-27-,35-33-. The second-order valence-corrected chi connectivity index (χ2v) is 16.0. The van der Waals surface area contributed by atoms with Crippen LogP contribution < -0.4 is 5.73 Å². The van der Waals surface area contributed by atoms with Crippen LogP contribution in [0.5, 0.6) is 0 Å². The van der Waals surface area contributed by atoms with E-state index in [4.69, 9.17) is 24.3 Å². The van der Waals surface area contributed by atoms with Gasteiger partial charge in [-0.2, -0.15) is 0 Å². The summed E-state index contributed by atoms with van der Waals surface area (Å²) in [7, 11) is -4.30. The molecule has 58 heavy (non-hydrogen) atoms. The Morgan fingerprint density at radius 2 is 0.966 bits per heavy atom. The number of unbranched alkanes of at least 4 members (excludes halogenated alkanes) is 13. The smallest absolute Gasteiger partial charge is 0.457 e. The number of ether oxygens (including phenoxy) is 2. The highest BCUT2D eigenvalue weighted by Gasteiger charge is 2.25. The first-order valence-corrected chi connectivity index (χ1v) is 24.2. The van der Waals surface area contributed by atoms with Gasteiger partial charge in [-0.15, -0.1) is 0 Å². The molecule has 0 aliphatic carbocycles. The average Bonchev–Trinajstić information content (AvgIpc) is 3.21. The molecular weight excluding hydrogens is 746 g/mol. The molecule has 2 atom stereocenters. The molecule has 9 heteroatoms. The first-order chi connectivity index (χ1) is 28.4. The summed E-state index contributed by atoms with van der Waals surface area (Å²) in [4.78, 5) is 22.5. The van der Waals surface area contributed by atoms with Crippen molar-refractivity contribution >= 4 is 13.8 Å². The van der Waals surface area contributed by atoms with Gasteiger partial charge in [-0.25, -0.2) is 4.57 Å². The van der Waals surface area contributed by atoms with Crippen molar-refractivity contribution in [2.75, 3.05) is 33.0 Å². The van der Waals surface area contributed by atoms with E-state index in [1.54, 1.807) is 0 Å². The molecule has 0 saturated heterocycles. The Morgan fingerprint density at radius 1 is 0.534 bits per heavy atom. The van der Waals surface area contributed by atoms with Crippen LogP contribution in [-0.2, 0) is 27.9 Å². The molecule has 8 nitrogen and oxygen atoms in total. The van der Waals surface area contributed by atoms with Gasteiger partial charge in [0.2, 0.25) is 0 Å². The van der Waals surface area contributed by atoms with E-state index < -0.39 is 13.9 Å². The van der Waals surface area contributed by atoms with E-state index in [0.717, 1.165) is 96.3 Å². The number of esters is 1. The molecule has 0 aliphatic heterocycles. The summed E-state index contributed by atoms with van der Waals surface area (Å²) in [5.74, 6) is -0.362. The third kappa shape index (κ3) is 44.5. The zero-order valence-corrected chi connectivity index (χ0v) is 37.6. The van der Waals surface area contributed by atoms with Gasteiger partial charge in [0.05, 0.1) is 19.8 Å². The Labute approximate surface area is 355 Å². The van der Waals surface area contributed by atoms with E-state index in [9.17, 15) is 14.3 Å². The van der Waals surface area contributed by atoms with E-state index in [2.05, 4.69) is 111 Å². The lowest BCUT2D eigenvalue weighted by molar-refractivity contribution is -0.154. The lowest BCUT2D eigenvalue weighted by atomic mass is 10.1. The minimum Gasteiger partial charge on any atom is -0.457 e. The third-order valence-corrected chi connectivity index (χ3v) is 9.97. The predicted octanol–water partition coefficient (Wildman–Crippen LogP) is 13.9. The van der Waals surface area contributed by atoms with Crippen molar-refractivity contribution in [1.82, 2.24) is 0 Å². The van der Waals surface area contributed by atoms with Crippen molar-refractivity contribution in [2.45, 2.75) is 174 Å². The Morgan fingerprint density at radius 3 is 1.45 bits per heavy atom. The molecule has 0 saturated carbocycles. The maximum absolute atomic E-state index is 12.6. The predicted molar refractivity (Wildman–Crippen MR) is 247 cm³/mol. The van der Waals surface area contributed by atoms with Crippen molar-refractivity contribution in [1.29, 1.82) is 0 Å². The fourth-order valence-corrected chi connectivity index (χ4v) is 6.44. The second-order valence-electron chi connectivity index (χ2n) is 14.5. The number of nitrogens with two attached hydrogens (primary N) is 1. The normalized spacial score (nSPS) is 14.3. The molecule has 332 valence electrons. The SMILES string of the molecule is CC/C=C\C/C=C\C/C=C\C/C=C\C/C=C\CCCCOCC(COP(=O)(O)OCCN)OC(=O)CCCCCCCC/C=C\C/C=C\C/C=C\CCCCCCC. The van der Waals surface area contributed by atoms with Crippen LogP contribution in [0, 0.1) is 0 Å². The summed E-state index contributed by atoms with van der Waals surface area (Å²) in [5, 5.41) is 0. The van der Waals surface area contributed by atoms with Gasteiger partial charge in [0, 0.05) is 19.6 Å². The quantitative estimate of drug-likeness (QED) is 0.0270. The molecule has 0 aliphatic rings. The lowest BCUT2D eigenvalue weighted by Crippen LogP contribution is -2.28. The Balaban J connectivity index is 4.15. The first-order valence-electron chi connectivity index (χ1n) is 22.7. The maximum atomic E-state index is 12.6. The number of carbonyl (C=O) groups is 1. The lowest BCUT2D eigenvalue weighted by Gasteiger charge is -2.20. The topological polar surface area (TPSA) is 117 Å². The van der Waals surface area contributed by atoms with Crippen LogP contribution in [0.25, 0.3) is 0 Å². The molecule has 0 radical (unpaired) electrons. The maximum Gasteiger partial charge on any atom is 0.472 e. The van der Waals surface area contributed by atoms with E-state index >= 15 is 0 Å². The fourth-order valence-electron chi connectivity index (χ4n) is 5.68. The van der Waals surface area contributed by atoms with Crippen molar-refractivity contribution in [3.05, 3.63) is 97.2 Å². The van der Waals surface area contributed by atoms with Gasteiger partial charge >= 0.3 is 13.8 Å². The van der Waals surface area contributed by atoms with E-state index in [1.165, 1.54) is 51.4 Å². The average molecular weight is 830 g/mol. The van der Waals surface area contributed by atoms with Gasteiger partial charge in [-0.3, -0.25) is 13.8 Å². The van der Waals surface area contributed by atoms with Crippen molar-refractivity contribution in [3.63, 3.8) is 0 Å². The summed E-state index contributed by atoms with van der Waals surface area (Å²) in [6.45, 7) is 4.64. The van der Waals surface area contributed by atoms with Crippen LogP contribution in [0.1, 0.15) is 168 Å². The summed E-state index contributed by atoms with van der Waals surface area (Å²) >= 11 is 0. The van der Waals surface area contributed by atoms with Gasteiger partial charge in [-0.1, -0.05) is 162 Å². The fraction of sp³-hybridized carbons (Fsp3) is 0.653. The number of carbonyl (C=O) groups excluding carboxylic acids is 1. The molecule has 0 fully saturated rings. The number of phosphoric acid groups is 1. The van der Waals surface area contributed by atoms with Crippen molar-refractivity contribution in [2.24, 2.45) is 5.73 Å². The number of rotatable bonds is 42. The summed E-state index contributed by atoms with van der Waals surface area (Å²) in [6.07, 6.45) is 60.0.